The molecule has 1 aromatic carbocycles. The van der Waals surface area contributed by atoms with Crippen molar-refractivity contribution in [1.82, 2.24) is 5.32 Å². The minimum atomic E-state index is 0.396. The van der Waals surface area contributed by atoms with Gasteiger partial charge in [0.15, 0.2) is 0 Å². The summed E-state index contributed by atoms with van der Waals surface area (Å²) in [5.41, 5.74) is 2.52. The van der Waals surface area contributed by atoms with Crippen molar-refractivity contribution >= 4 is 0 Å². The maximum absolute atomic E-state index is 5.52. The zero-order valence-corrected chi connectivity index (χ0v) is 11.2. The summed E-state index contributed by atoms with van der Waals surface area (Å²) < 4.78 is 10.9. The Labute approximate surface area is 113 Å². The SMILES string of the molecule is COc1ccccc1CNC1CCCc2occc21. The molecule has 19 heavy (non-hydrogen) atoms. The number of fused-ring (bicyclic) bond motifs is 1. The van der Waals surface area contributed by atoms with Crippen LogP contribution in [0.15, 0.2) is 41.0 Å². The summed E-state index contributed by atoms with van der Waals surface area (Å²) in [6, 6.07) is 10.6. The Bertz CT molecular complexity index is 547. The van der Waals surface area contributed by atoms with E-state index in [1.807, 2.05) is 18.2 Å². The molecule has 3 heteroatoms. The topological polar surface area (TPSA) is 34.4 Å². The number of benzene rings is 1. The van der Waals surface area contributed by atoms with E-state index in [0.29, 0.717) is 6.04 Å². The van der Waals surface area contributed by atoms with Gasteiger partial charge in [0.2, 0.25) is 0 Å². The van der Waals surface area contributed by atoms with Crippen LogP contribution in [-0.2, 0) is 13.0 Å². The van der Waals surface area contributed by atoms with Gasteiger partial charge in [0, 0.05) is 30.1 Å². The van der Waals surface area contributed by atoms with Crippen molar-refractivity contribution in [2.45, 2.75) is 31.8 Å². The Kier molecular flexibility index (Phi) is 3.56. The van der Waals surface area contributed by atoms with Crippen LogP contribution in [0.5, 0.6) is 5.75 Å². The highest BCUT2D eigenvalue weighted by Gasteiger charge is 2.22. The van der Waals surface area contributed by atoms with Crippen molar-refractivity contribution in [3.05, 3.63) is 53.5 Å². The second-order valence-electron chi connectivity index (χ2n) is 4.94. The van der Waals surface area contributed by atoms with E-state index in [-0.39, 0.29) is 0 Å². The molecule has 2 aromatic rings. The van der Waals surface area contributed by atoms with Crippen LogP contribution in [0.1, 0.15) is 35.8 Å². The van der Waals surface area contributed by atoms with Crippen molar-refractivity contribution in [3.63, 3.8) is 0 Å². The number of hydrogen-bond acceptors (Lipinski definition) is 3. The first kappa shape index (κ1) is 12.3. The van der Waals surface area contributed by atoms with Gasteiger partial charge in [0.1, 0.15) is 11.5 Å². The second-order valence-corrected chi connectivity index (χ2v) is 4.94. The van der Waals surface area contributed by atoms with Gasteiger partial charge in [-0.3, -0.25) is 0 Å². The van der Waals surface area contributed by atoms with Crippen LogP contribution in [0.2, 0.25) is 0 Å². The lowest BCUT2D eigenvalue weighted by Crippen LogP contribution is -2.24. The average Bonchev–Trinajstić information content (AvgIpc) is 2.94. The summed E-state index contributed by atoms with van der Waals surface area (Å²) in [6.45, 7) is 0.819. The van der Waals surface area contributed by atoms with Crippen molar-refractivity contribution in [3.8, 4) is 5.75 Å². The zero-order chi connectivity index (χ0) is 13.1. The normalized spacial score (nSPS) is 18.1. The summed E-state index contributed by atoms with van der Waals surface area (Å²) in [5.74, 6) is 2.09. The maximum Gasteiger partial charge on any atom is 0.123 e. The number of nitrogens with one attached hydrogen (secondary N) is 1. The molecule has 0 saturated heterocycles. The third kappa shape index (κ3) is 2.51. The lowest BCUT2D eigenvalue weighted by molar-refractivity contribution is 0.393. The molecule has 1 aromatic heterocycles. The van der Waals surface area contributed by atoms with Gasteiger partial charge in [0.25, 0.3) is 0 Å². The summed E-state index contributed by atoms with van der Waals surface area (Å²) >= 11 is 0. The zero-order valence-electron chi connectivity index (χ0n) is 11.2. The average molecular weight is 257 g/mol. The van der Waals surface area contributed by atoms with Crippen molar-refractivity contribution in [2.24, 2.45) is 0 Å². The Morgan fingerprint density at radius 2 is 2.21 bits per heavy atom. The number of furan rings is 1. The number of methoxy groups -OCH3 is 1. The molecule has 3 nitrogen and oxygen atoms in total. The van der Waals surface area contributed by atoms with Crippen molar-refractivity contribution in [2.75, 3.05) is 7.11 Å². The third-order valence-electron chi connectivity index (χ3n) is 3.78. The largest absolute Gasteiger partial charge is 0.496 e. The predicted octanol–water partition coefficient (Wildman–Crippen LogP) is 3.46. The minimum Gasteiger partial charge on any atom is -0.496 e. The molecule has 0 amide bonds. The Balaban J connectivity index is 1.71. The monoisotopic (exact) mass is 257 g/mol. The maximum atomic E-state index is 5.52. The summed E-state index contributed by atoms with van der Waals surface area (Å²) in [6.07, 6.45) is 5.22. The number of rotatable bonds is 4. The molecule has 0 saturated carbocycles. The molecule has 0 bridgehead atoms. The molecule has 1 N–H and O–H groups in total. The number of ether oxygens (including phenoxy) is 1. The molecule has 0 fully saturated rings. The first-order chi connectivity index (χ1) is 9.38. The molecule has 1 unspecified atom stereocenters. The predicted molar refractivity (Wildman–Crippen MR) is 74.2 cm³/mol. The molecule has 1 aliphatic rings. The fourth-order valence-corrected chi connectivity index (χ4v) is 2.78. The van der Waals surface area contributed by atoms with Gasteiger partial charge in [-0.1, -0.05) is 18.2 Å². The van der Waals surface area contributed by atoms with Gasteiger partial charge in [0.05, 0.1) is 13.4 Å². The van der Waals surface area contributed by atoms with E-state index < -0.39 is 0 Å². The second kappa shape index (κ2) is 5.49. The van der Waals surface area contributed by atoms with Crippen LogP contribution in [0.3, 0.4) is 0 Å². The van der Waals surface area contributed by atoms with Gasteiger partial charge >= 0.3 is 0 Å². The first-order valence-electron chi connectivity index (χ1n) is 6.80. The molecular weight excluding hydrogens is 238 g/mol. The molecule has 1 atom stereocenters. The van der Waals surface area contributed by atoms with Gasteiger partial charge in [-0.15, -0.1) is 0 Å². The van der Waals surface area contributed by atoms with Crippen LogP contribution in [0.25, 0.3) is 0 Å². The molecule has 0 aliphatic heterocycles. The Hall–Kier alpha value is -1.74. The van der Waals surface area contributed by atoms with Gasteiger partial charge in [-0.2, -0.15) is 0 Å². The highest BCUT2D eigenvalue weighted by atomic mass is 16.5. The summed E-state index contributed by atoms with van der Waals surface area (Å²) in [5, 5.41) is 3.61. The number of aryl methyl sites for hydroxylation is 1. The van der Waals surface area contributed by atoms with Crippen LogP contribution < -0.4 is 10.1 Å². The molecule has 0 radical (unpaired) electrons. The summed E-state index contributed by atoms with van der Waals surface area (Å²) in [7, 11) is 1.72. The van der Waals surface area contributed by atoms with Crippen molar-refractivity contribution in [1.29, 1.82) is 0 Å². The minimum absolute atomic E-state index is 0.396. The van der Waals surface area contributed by atoms with E-state index in [2.05, 4.69) is 17.4 Å². The Morgan fingerprint density at radius 1 is 1.32 bits per heavy atom. The Morgan fingerprint density at radius 3 is 3.11 bits per heavy atom. The molecular formula is C16H19NO2. The van der Waals surface area contributed by atoms with E-state index in [1.54, 1.807) is 13.4 Å². The van der Waals surface area contributed by atoms with Crippen LogP contribution >= 0.6 is 0 Å². The number of para-hydroxylation sites is 1. The lowest BCUT2D eigenvalue weighted by atomic mass is 9.93. The highest BCUT2D eigenvalue weighted by molar-refractivity contribution is 5.33. The summed E-state index contributed by atoms with van der Waals surface area (Å²) in [4.78, 5) is 0. The molecule has 3 rings (SSSR count). The van der Waals surface area contributed by atoms with E-state index >= 15 is 0 Å². The fraction of sp³-hybridized carbons (Fsp3) is 0.375. The molecule has 1 aliphatic carbocycles. The molecule has 100 valence electrons. The van der Waals surface area contributed by atoms with Gasteiger partial charge in [-0.05, 0) is 25.0 Å². The van der Waals surface area contributed by atoms with E-state index in [1.165, 1.54) is 24.0 Å². The third-order valence-corrected chi connectivity index (χ3v) is 3.78. The number of hydrogen-bond donors (Lipinski definition) is 1. The van der Waals surface area contributed by atoms with E-state index in [9.17, 15) is 0 Å². The van der Waals surface area contributed by atoms with Crippen LogP contribution in [0, 0.1) is 0 Å². The fourth-order valence-electron chi connectivity index (χ4n) is 2.78. The van der Waals surface area contributed by atoms with E-state index in [0.717, 1.165) is 24.5 Å². The first-order valence-corrected chi connectivity index (χ1v) is 6.80. The standard InChI is InChI=1S/C16H19NO2/c1-18-15-7-3-2-5-12(15)11-17-14-6-4-8-16-13(14)9-10-19-16/h2-3,5,7,9-10,14,17H,4,6,8,11H2,1H3. The van der Waals surface area contributed by atoms with Crippen LogP contribution in [-0.4, -0.2) is 7.11 Å². The quantitative estimate of drug-likeness (QED) is 0.911. The van der Waals surface area contributed by atoms with Gasteiger partial charge < -0.3 is 14.5 Å². The lowest BCUT2D eigenvalue weighted by Gasteiger charge is -2.23. The van der Waals surface area contributed by atoms with E-state index in [4.69, 9.17) is 9.15 Å². The smallest absolute Gasteiger partial charge is 0.123 e. The van der Waals surface area contributed by atoms with Crippen molar-refractivity contribution < 1.29 is 9.15 Å². The molecule has 0 spiro atoms. The molecule has 1 heterocycles. The van der Waals surface area contributed by atoms with Gasteiger partial charge in [-0.25, -0.2) is 0 Å². The van der Waals surface area contributed by atoms with Crippen LogP contribution in [0.4, 0.5) is 0 Å². The highest BCUT2D eigenvalue weighted by Crippen LogP contribution is 2.31.